The average Bonchev–Trinajstić information content (AvgIpc) is 3.30. The van der Waals surface area contributed by atoms with E-state index in [4.69, 9.17) is 9.15 Å². The van der Waals surface area contributed by atoms with Gasteiger partial charge in [-0.25, -0.2) is 0 Å². The van der Waals surface area contributed by atoms with Gasteiger partial charge >= 0.3 is 0 Å². The summed E-state index contributed by atoms with van der Waals surface area (Å²) in [6.07, 6.45) is 7.99. The summed E-state index contributed by atoms with van der Waals surface area (Å²) in [7, 11) is 0. The van der Waals surface area contributed by atoms with Gasteiger partial charge in [-0.2, -0.15) is 0 Å². The minimum Gasteiger partial charge on any atom is -0.493 e. The molecule has 35 heavy (non-hydrogen) atoms. The van der Waals surface area contributed by atoms with Crippen molar-refractivity contribution in [3.05, 3.63) is 72.5 Å². The van der Waals surface area contributed by atoms with Crippen molar-refractivity contribution in [2.75, 3.05) is 13.2 Å². The maximum absolute atomic E-state index is 13.3. The van der Waals surface area contributed by atoms with Crippen molar-refractivity contribution in [3.8, 4) is 16.9 Å². The van der Waals surface area contributed by atoms with Gasteiger partial charge in [0, 0.05) is 41.2 Å². The van der Waals surface area contributed by atoms with Crippen molar-refractivity contribution >= 4 is 33.2 Å². The second kappa shape index (κ2) is 9.99. The van der Waals surface area contributed by atoms with Crippen LogP contribution in [0.25, 0.3) is 38.4 Å². The molecule has 1 saturated heterocycles. The number of furan rings is 1. The monoisotopic (exact) mass is 467 g/mol. The Morgan fingerprint density at radius 3 is 2.71 bits per heavy atom. The van der Waals surface area contributed by atoms with Crippen LogP contribution in [-0.2, 0) is 4.79 Å². The molecule has 0 aliphatic carbocycles. The predicted octanol–water partition coefficient (Wildman–Crippen LogP) is 7.85. The minimum atomic E-state index is 0.0954. The first-order chi connectivity index (χ1) is 17.1. The van der Waals surface area contributed by atoms with Crippen molar-refractivity contribution in [3.63, 3.8) is 0 Å². The van der Waals surface area contributed by atoms with Gasteiger partial charge in [-0.3, -0.25) is 4.79 Å². The van der Waals surface area contributed by atoms with Gasteiger partial charge in [-0.05, 0) is 67.5 Å². The molecule has 0 radical (unpaired) electrons. The lowest BCUT2D eigenvalue weighted by Gasteiger charge is -2.34. The molecular formula is C31H33NO3. The van der Waals surface area contributed by atoms with Crippen molar-refractivity contribution < 1.29 is 13.9 Å². The first kappa shape index (κ1) is 23.2. The maximum Gasteiger partial charge on any atom is 0.247 e. The Morgan fingerprint density at radius 2 is 1.89 bits per heavy atom. The zero-order valence-electron chi connectivity index (χ0n) is 20.8. The first-order valence-corrected chi connectivity index (χ1v) is 12.8. The third-order valence-corrected chi connectivity index (χ3v) is 7.20. The van der Waals surface area contributed by atoms with Gasteiger partial charge in [0.05, 0.1) is 12.9 Å². The largest absolute Gasteiger partial charge is 0.493 e. The van der Waals surface area contributed by atoms with Crippen LogP contribution in [0.2, 0.25) is 0 Å². The van der Waals surface area contributed by atoms with Crippen LogP contribution < -0.4 is 4.74 Å². The average molecular weight is 468 g/mol. The lowest BCUT2D eigenvalue weighted by atomic mass is 9.95. The van der Waals surface area contributed by atoms with E-state index >= 15 is 0 Å². The van der Waals surface area contributed by atoms with Gasteiger partial charge < -0.3 is 14.1 Å². The van der Waals surface area contributed by atoms with Crippen LogP contribution in [0, 0.1) is 0 Å². The normalized spacial score (nSPS) is 16.7. The molecule has 1 aliphatic heterocycles. The van der Waals surface area contributed by atoms with Crippen LogP contribution in [0.15, 0.2) is 71.4 Å². The molecule has 3 aromatic carbocycles. The molecule has 5 rings (SSSR count). The zero-order chi connectivity index (χ0) is 24.4. The van der Waals surface area contributed by atoms with E-state index in [0.717, 1.165) is 64.8 Å². The van der Waals surface area contributed by atoms with Crippen LogP contribution in [0.5, 0.6) is 5.75 Å². The number of amides is 1. The Hall–Kier alpha value is -3.53. The summed E-state index contributed by atoms with van der Waals surface area (Å²) in [6, 6.07) is 19.2. The Kier molecular flexibility index (Phi) is 6.63. The number of allylic oxidation sites excluding steroid dienone is 1. The molecule has 1 fully saturated rings. The Bertz CT molecular complexity index is 1390. The van der Waals surface area contributed by atoms with Gasteiger partial charge in [0.1, 0.15) is 11.3 Å². The lowest BCUT2D eigenvalue weighted by molar-refractivity contribution is -0.129. The molecular weight excluding hydrogens is 434 g/mol. The quantitative estimate of drug-likeness (QED) is 0.271. The highest BCUT2D eigenvalue weighted by atomic mass is 16.5. The molecule has 1 unspecified atom stereocenters. The van der Waals surface area contributed by atoms with E-state index in [1.54, 1.807) is 6.08 Å². The number of hydrogen-bond donors (Lipinski definition) is 0. The highest BCUT2D eigenvalue weighted by Crippen LogP contribution is 2.39. The molecule has 1 amide bonds. The summed E-state index contributed by atoms with van der Waals surface area (Å²) in [5.41, 5.74) is 4.80. The standard InChI is InChI=1S/C31H33NO3/c1-4-23-13-8-9-16-32(23)31(33)17-21(3)26-18-27-28(20-35-30(27)19-29(26)34-5-2)25-15-10-12-22-11-6-7-14-24(22)25/h6-7,10-12,14-15,17-20,23H,4-5,8-9,13,16H2,1-3H3/b21-17+. The third-order valence-electron chi connectivity index (χ3n) is 7.20. The number of benzene rings is 3. The molecule has 1 atom stereocenters. The van der Waals surface area contributed by atoms with Crippen molar-refractivity contribution in [2.24, 2.45) is 0 Å². The fourth-order valence-corrected chi connectivity index (χ4v) is 5.37. The number of fused-ring (bicyclic) bond motifs is 2. The fourth-order valence-electron chi connectivity index (χ4n) is 5.37. The molecule has 4 aromatic rings. The van der Waals surface area contributed by atoms with E-state index < -0.39 is 0 Å². The number of piperidine rings is 1. The highest BCUT2D eigenvalue weighted by Gasteiger charge is 2.24. The number of nitrogens with zero attached hydrogens (tertiary/aromatic N) is 1. The molecule has 0 saturated carbocycles. The Labute approximate surface area is 207 Å². The van der Waals surface area contributed by atoms with Gasteiger partial charge in [0.2, 0.25) is 5.91 Å². The number of rotatable bonds is 6. The van der Waals surface area contributed by atoms with Crippen LogP contribution >= 0.6 is 0 Å². The summed E-state index contributed by atoms with van der Waals surface area (Å²) in [6.45, 7) is 7.53. The number of likely N-dealkylation sites (tertiary alicyclic amines) is 1. The summed E-state index contributed by atoms with van der Waals surface area (Å²) in [4.78, 5) is 15.3. The van der Waals surface area contributed by atoms with Gasteiger partial charge in [-0.1, -0.05) is 49.4 Å². The molecule has 4 heteroatoms. The smallest absolute Gasteiger partial charge is 0.247 e. The van der Waals surface area contributed by atoms with E-state index in [9.17, 15) is 4.79 Å². The van der Waals surface area contributed by atoms with Crippen molar-refractivity contribution in [2.45, 2.75) is 52.5 Å². The molecule has 0 bridgehead atoms. The molecule has 0 spiro atoms. The fraction of sp³-hybridized carbons (Fsp3) is 0.323. The number of carbonyl (C=O) groups is 1. The molecule has 1 aromatic heterocycles. The van der Waals surface area contributed by atoms with E-state index in [-0.39, 0.29) is 5.91 Å². The van der Waals surface area contributed by atoms with Gasteiger partial charge in [-0.15, -0.1) is 0 Å². The van der Waals surface area contributed by atoms with Crippen LogP contribution in [0.3, 0.4) is 0 Å². The topological polar surface area (TPSA) is 42.7 Å². The Morgan fingerprint density at radius 1 is 1.06 bits per heavy atom. The summed E-state index contributed by atoms with van der Waals surface area (Å²) in [5, 5.41) is 3.40. The second-order valence-electron chi connectivity index (χ2n) is 9.37. The van der Waals surface area contributed by atoms with Gasteiger partial charge in [0.25, 0.3) is 0 Å². The molecule has 4 nitrogen and oxygen atoms in total. The molecule has 180 valence electrons. The minimum absolute atomic E-state index is 0.0954. The van der Waals surface area contributed by atoms with Crippen LogP contribution in [-0.4, -0.2) is 30.0 Å². The van der Waals surface area contributed by atoms with Gasteiger partial charge in [0.15, 0.2) is 0 Å². The van der Waals surface area contributed by atoms with Crippen LogP contribution in [0.4, 0.5) is 0 Å². The number of ether oxygens (including phenoxy) is 1. The van der Waals surface area contributed by atoms with E-state index in [1.807, 2.05) is 31.1 Å². The second-order valence-corrected chi connectivity index (χ2v) is 9.37. The lowest BCUT2D eigenvalue weighted by Crippen LogP contribution is -2.42. The number of hydrogen-bond acceptors (Lipinski definition) is 3. The molecule has 2 heterocycles. The first-order valence-electron chi connectivity index (χ1n) is 12.8. The van der Waals surface area contributed by atoms with E-state index in [0.29, 0.717) is 12.6 Å². The Balaban J connectivity index is 1.60. The molecule has 1 aliphatic rings. The third kappa shape index (κ3) is 4.45. The highest BCUT2D eigenvalue weighted by molar-refractivity contribution is 6.06. The van der Waals surface area contributed by atoms with E-state index in [2.05, 4.69) is 55.5 Å². The summed E-state index contributed by atoms with van der Waals surface area (Å²) in [5.74, 6) is 0.837. The maximum atomic E-state index is 13.3. The van der Waals surface area contributed by atoms with Crippen LogP contribution in [0.1, 0.15) is 52.0 Å². The zero-order valence-corrected chi connectivity index (χ0v) is 20.8. The SMILES string of the molecule is CCOc1cc2occ(-c3cccc4ccccc34)c2cc1/C(C)=C/C(=O)N1CCCCC1CC. The van der Waals surface area contributed by atoms with E-state index in [1.165, 1.54) is 17.2 Å². The van der Waals surface area contributed by atoms with Crippen molar-refractivity contribution in [1.82, 2.24) is 4.90 Å². The summed E-state index contributed by atoms with van der Waals surface area (Å²) >= 11 is 0. The molecule has 0 N–H and O–H groups in total. The number of carbonyl (C=O) groups excluding carboxylic acids is 1. The van der Waals surface area contributed by atoms with Crippen molar-refractivity contribution in [1.29, 1.82) is 0 Å². The predicted molar refractivity (Wildman–Crippen MR) is 144 cm³/mol. The summed E-state index contributed by atoms with van der Waals surface area (Å²) < 4.78 is 12.0.